The molecule has 0 aliphatic carbocycles. The third-order valence-electron chi connectivity index (χ3n) is 3.54. The number of hydrogen-bond donors (Lipinski definition) is 1. The number of aryl methyl sites for hydroxylation is 1. The summed E-state index contributed by atoms with van der Waals surface area (Å²) in [4.78, 5) is 4.44. The maximum absolute atomic E-state index is 5.66. The van der Waals surface area contributed by atoms with Crippen LogP contribution >= 0.6 is 0 Å². The topological polar surface area (TPSA) is 55.4 Å². The molecule has 3 aromatic heterocycles. The molecule has 5 nitrogen and oxygen atoms in total. The number of nitrogens with one attached hydrogen (secondary N) is 1. The molecule has 0 aliphatic rings. The van der Waals surface area contributed by atoms with E-state index in [1.807, 2.05) is 29.8 Å². The minimum Gasteiger partial charge on any atom is -0.464 e. The van der Waals surface area contributed by atoms with E-state index < -0.39 is 0 Å². The molecule has 3 aromatic rings. The second-order valence-electron chi connectivity index (χ2n) is 5.64. The van der Waals surface area contributed by atoms with Crippen molar-refractivity contribution in [3.05, 3.63) is 47.8 Å². The van der Waals surface area contributed by atoms with Gasteiger partial charge in [-0.05, 0) is 38.0 Å². The van der Waals surface area contributed by atoms with Crippen molar-refractivity contribution in [2.24, 2.45) is 0 Å². The largest absolute Gasteiger partial charge is 0.464 e. The van der Waals surface area contributed by atoms with Gasteiger partial charge >= 0.3 is 0 Å². The molecule has 0 saturated heterocycles. The van der Waals surface area contributed by atoms with Crippen molar-refractivity contribution < 1.29 is 4.42 Å². The number of hydrogen-bond acceptors (Lipinski definition) is 4. The summed E-state index contributed by atoms with van der Waals surface area (Å²) in [6.45, 7) is 8.28. The van der Waals surface area contributed by atoms with Crippen molar-refractivity contribution in [3.8, 4) is 0 Å². The molecule has 3 heterocycles. The lowest BCUT2D eigenvalue weighted by Crippen LogP contribution is -2.08. The van der Waals surface area contributed by atoms with Gasteiger partial charge < -0.3 is 9.73 Å². The number of fused-ring (bicyclic) bond motifs is 1. The second kappa shape index (κ2) is 5.24. The van der Waals surface area contributed by atoms with E-state index in [-0.39, 0.29) is 6.04 Å². The molecule has 21 heavy (non-hydrogen) atoms. The van der Waals surface area contributed by atoms with Crippen molar-refractivity contribution in [2.75, 3.05) is 5.32 Å². The highest BCUT2D eigenvalue weighted by atomic mass is 16.3. The van der Waals surface area contributed by atoms with Crippen molar-refractivity contribution in [1.82, 2.24) is 14.6 Å². The molecule has 0 spiro atoms. The Bertz CT molecular complexity index is 757. The van der Waals surface area contributed by atoms with Gasteiger partial charge in [0.05, 0.1) is 11.7 Å². The Kier molecular flexibility index (Phi) is 3.41. The predicted octanol–water partition coefficient (Wildman–Crippen LogP) is 3.93. The minimum absolute atomic E-state index is 0.0507. The monoisotopic (exact) mass is 284 g/mol. The van der Waals surface area contributed by atoms with E-state index in [4.69, 9.17) is 4.42 Å². The Hall–Kier alpha value is -2.30. The van der Waals surface area contributed by atoms with Gasteiger partial charge in [-0.15, -0.1) is 0 Å². The van der Waals surface area contributed by atoms with Crippen molar-refractivity contribution in [2.45, 2.75) is 39.7 Å². The van der Waals surface area contributed by atoms with Gasteiger partial charge in [-0.1, -0.05) is 13.8 Å². The molecule has 1 atom stereocenters. The quantitative estimate of drug-likeness (QED) is 0.788. The molecule has 0 saturated carbocycles. The molecule has 0 radical (unpaired) electrons. The Morgan fingerprint density at radius 1 is 1.24 bits per heavy atom. The Balaban J connectivity index is 1.93. The van der Waals surface area contributed by atoms with Crippen LogP contribution in [-0.2, 0) is 0 Å². The third-order valence-corrected chi connectivity index (χ3v) is 3.54. The molecule has 110 valence electrons. The number of anilines is 1. The molecule has 0 aromatic carbocycles. The predicted molar refractivity (Wildman–Crippen MR) is 82.6 cm³/mol. The van der Waals surface area contributed by atoms with Gasteiger partial charge in [-0.3, -0.25) is 0 Å². The molecule has 0 fully saturated rings. The third kappa shape index (κ3) is 2.63. The number of aromatic nitrogens is 3. The SMILES string of the molecule is Cc1ccc(C(C)Nc2nccn3nc(C(C)C)cc23)o1. The molecule has 0 aliphatic heterocycles. The van der Waals surface area contributed by atoms with E-state index in [0.717, 1.165) is 28.5 Å². The summed E-state index contributed by atoms with van der Waals surface area (Å²) in [5.41, 5.74) is 2.05. The second-order valence-corrected chi connectivity index (χ2v) is 5.64. The van der Waals surface area contributed by atoms with E-state index in [1.54, 1.807) is 6.20 Å². The zero-order valence-electron chi connectivity index (χ0n) is 12.8. The van der Waals surface area contributed by atoms with Crippen molar-refractivity contribution >= 4 is 11.3 Å². The van der Waals surface area contributed by atoms with Gasteiger partial charge in [0.2, 0.25) is 0 Å². The molecule has 1 unspecified atom stereocenters. The summed E-state index contributed by atoms with van der Waals surface area (Å²) in [6, 6.07) is 6.09. The fourth-order valence-electron chi connectivity index (χ4n) is 2.30. The molecule has 0 amide bonds. The van der Waals surface area contributed by atoms with Crippen LogP contribution in [0.4, 0.5) is 5.82 Å². The highest BCUT2D eigenvalue weighted by molar-refractivity contribution is 5.68. The first-order valence-corrected chi connectivity index (χ1v) is 7.21. The van der Waals surface area contributed by atoms with E-state index in [0.29, 0.717) is 5.92 Å². The van der Waals surface area contributed by atoms with E-state index in [9.17, 15) is 0 Å². The first-order valence-electron chi connectivity index (χ1n) is 7.21. The maximum Gasteiger partial charge on any atom is 0.152 e. The zero-order chi connectivity index (χ0) is 15.0. The molecule has 1 N–H and O–H groups in total. The highest BCUT2D eigenvalue weighted by Crippen LogP contribution is 2.24. The standard InChI is InChI=1S/C16H20N4O/c1-10(2)13-9-14-16(17-7-8-20(14)19-13)18-12(4)15-6-5-11(3)21-15/h5-10,12H,1-4H3,(H,17,18). The van der Waals surface area contributed by atoms with Crippen LogP contribution in [0.25, 0.3) is 5.52 Å². The fourth-order valence-corrected chi connectivity index (χ4v) is 2.30. The van der Waals surface area contributed by atoms with Crippen LogP contribution in [0.15, 0.2) is 35.0 Å². The summed E-state index contributed by atoms with van der Waals surface area (Å²) in [7, 11) is 0. The van der Waals surface area contributed by atoms with E-state index >= 15 is 0 Å². The van der Waals surface area contributed by atoms with Crippen LogP contribution in [0.1, 0.15) is 49.9 Å². The lowest BCUT2D eigenvalue weighted by atomic mass is 10.1. The highest BCUT2D eigenvalue weighted by Gasteiger charge is 2.14. The van der Waals surface area contributed by atoms with Crippen LogP contribution in [0.5, 0.6) is 0 Å². The summed E-state index contributed by atoms with van der Waals surface area (Å²) in [5.74, 6) is 3.03. The van der Waals surface area contributed by atoms with Crippen LogP contribution in [0.3, 0.4) is 0 Å². The van der Waals surface area contributed by atoms with Crippen LogP contribution in [-0.4, -0.2) is 14.6 Å². The Morgan fingerprint density at radius 3 is 2.71 bits per heavy atom. The maximum atomic E-state index is 5.66. The van der Waals surface area contributed by atoms with E-state index in [2.05, 4.69) is 42.2 Å². The Labute approximate surface area is 124 Å². The summed E-state index contributed by atoms with van der Waals surface area (Å²) in [6.07, 6.45) is 3.63. The average molecular weight is 284 g/mol. The van der Waals surface area contributed by atoms with Gasteiger partial charge in [0.15, 0.2) is 5.82 Å². The molecule has 0 bridgehead atoms. The number of rotatable bonds is 4. The summed E-state index contributed by atoms with van der Waals surface area (Å²) in [5, 5.41) is 7.97. The summed E-state index contributed by atoms with van der Waals surface area (Å²) < 4.78 is 7.53. The first-order chi connectivity index (χ1) is 10.0. The summed E-state index contributed by atoms with van der Waals surface area (Å²) >= 11 is 0. The average Bonchev–Trinajstić information content (AvgIpc) is 3.05. The zero-order valence-corrected chi connectivity index (χ0v) is 12.8. The van der Waals surface area contributed by atoms with Crippen LogP contribution in [0, 0.1) is 6.92 Å². The molecule has 5 heteroatoms. The van der Waals surface area contributed by atoms with Crippen LogP contribution < -0.4 is 5.32 Å². The fraction of sp³-hybridized carbons (Fsp3) is 0.375. The number of nitrogens with zero attached hydrogens (tertiary/aromatic N) is 3. The van der Waals surface area contributed by atoms with Crippen LogP contribution in [0.2, 0.25) is 0 Å². The first kappa shape index (κ1) is 13.7. The number of furan rings is 1. The lowest BCUT2D eigenvalue weighted by Gasteiger charge is -2.12. The van der Waals surface area contributed by atoms with E-state index in [1.165, 1.54) is 0 Å². The Morgan fingerprint density at radius 2 is 2.05 bits per heavy atom. The van der Waals surface area contributed by atoms with Gasteiger partial charge in [0.1, 0.15) is 17.0 Å². The normalized spacial score (nSPS) is 13.0. The van der Waals surface area contributed by atoms with Gasteiger partial charge in [0.25, 0.3) is 0 Å². The molecule has 3 rings (SSSR count). The molecular weight excluding hydrogens is 264 g/mol. The molecular formula is C16H20N4O. The van der Waals surface area contributed by atoms with Crippen molar-refractivity contribution in [1.29, 1.82) is 0 Å². The van der Waals surface area contributed by atoms with Gasteiger partial charge in [-0.2, -0.15) is 5.10 Å². The van der Waals surface area contributed by atoms with Gasteiger partial charge in [-0.25, -0.2) is 9.50 Å². The van der Waals surface area contributed by atoms with Gasteiger partial charge in [0, 0.05) is 12.4 Å². The van der Waals surface area contributed by atoms with Crippen molar-refractivity contribution in [3.63, 3.8) is 0 Å². The minimum atomic E-state index is 0.0507. The smallest absolute Gasteiger partial charge is 0.152 e. The lowest BCUT2D eigenvalue weighted by molar-refractivity contribution is 0.466.